The smallest absolute Gasteiger partial charge is 0.254 e. The van der Waals surface area contributed by atoms with Gasteiger partial charge in [-0.3, -0.25) is 4.79 Å². The normalized spacial score (nSPS) is 19.3. The van der Waals surface area contributed by atoms with Gasteiger partial charge in [0.05, 0.1) is 11.6 Å². The molecule has 0 saturated carbocycles. The van der Waals surface area contributed by atoms with Crippen molar-refractivity contribution >= 4 is 28.3 Å². The highest BCUT2D eigenvalue weighted by molar-refractivity contribution is 6.02. The number of carbonyl (C=O) groups excluding carboxylic acids is 1. The number of anilines is 1. The fourth-order valence-electron chi connectivity index (χ4n) is 8.63. The zero-order valence-corrected chi connectivity index (χ0v) is 28.9. The summed E-state index contributed by atoms with van der Waals surface area (Å²) in [5, 5.41) is 2.23. The van der Waals surface area contributed by atoms with Gasteiger partial charge in [0, 0.05) is 78.3 Å². The van der Waals surface area contributed by atoms with E-state index in [0.717, 1.165) is 78.0 Å². The summed E-state index contributed by atoms with van der Waals surface area (Å²) in [4.78, 5) is 18.7. The van der Waals surface area contributed by atoms with Crippen LogP contribution in [0.15, 0.2) is 60.7 Å². The molecule has 1 saturated heterocycles. The first kappa shape index (κ1) is 30.5. The Hall–Kier alpha value is -4.12. The molecule has 0 radical (unpaired) electrons. The zero-order chi connectivity index (χ0) is 32.5. The van der Waals surface area contributed by atoms with Gasteiger partial charge in [0.25, 0.3) is 5.91 Å². The molecule has 7 rings (SSSR count). The van der Waals surface area contributed by atoms with Crippen molar-refractivity contribution in [1.29, 1.82) is 0 Å². The van der Waals surface area contributed by atoms with E-state index in [1.807, 2.05) is 17.0 Å². The first-order chi connectivity index (χ1) is 21.9. The Morgan fingerprint density at radius 1 is 0.826 bits per heavy atom. The summed E-state index contributed by atoms with van der Waals surface area (Å²) in [7, 11) is 0. The second kappa shape index (κ2) is 11.0. The minimum Gasteiger partial charge on any atom is -0.456 e. The second-order valence-electron chi connectivity index (χ2n) is 14.6. The topological polar surface area (TPSA) is 35.8 Å². The quantitative estimate of drug-likeness (QED) is 0.225. The van der Waals surface area contributed by atoms with Crippen LogP contribution in [0.2, 0.25) is 0 Å². The minimum absolute atomic E-state index is 0.108. The largest absolute Gasteiger partial charge is 0.456 e. The summed E-state index contributed by atoms with van der Waals surface area (Å²) in [6, 6.07) is 17.4. The van der Waals surface area contributed by atoms with Gasteiger partial charge >= 0.3 is 0 Å². The molecule has 3 aromatic carbocycles. The van der Waals surface area contributed by atoms with E-state index in [1.165, 1.54) is 39.7 Å². The average Bonchev–Trinajstić information content (AvgIpc) is 3.02. The lowest BCUT2D eigenvalue weighted by Crippen LogP contribution is -2.49. The second-order valence-corrected chi connectivity index (χ2v) is 14.6. The number of fused-ring (bicyclic) bond motifs is 4. The van der Waals surface area contributed by atoms with Crippen LogP contribution in [-0.2, 0) is 0 Å². The molecule has 0 atom stereocenters. The third-order valence-electron chi connectivity index (χ3n) is 10.6. The van der Waals surface area contributed by atoms with Crippen LogP contribution in [0.25, 0.3) is 16.7 Å². The molecule has 0 aromatic heterocycles. The van der Waals surface area contributed by atoms with Crippen molar-refractivity contribution in [2.75, 3.05) is 31.1 Å². The SMILES string of the molecule is CCN1c2cc3c(cc2C(C)=CC1(C)C)C(c1ccccc1C(=O)N1CCCCC1)=c1cc2c(cc1O3)=[N+](CC)C(C)(C)C=C2C. The summed E-state index contributed by atoms with van der Waals surface area (Å²) in [5.41, 5.74) is 9.80. The Bertz CT molecular complexity index is 1970. The molecular weight excluding hydrogens is 566 g/mol. The Kier molecular flexibility index (Phi) is 7.30. The number of carbonyl (C=O) groups is 1. The van der Waals surface area contributed by atoms with Crippen LogP contribution in [0.1, 0.15) is 107 Å². The third kappa shape index (κ3) is 4.73. The summed E-state index contributed by atoms with van der Waals surface area (Å²) >= 11 is 0. The maximum Gasteiger partial charge on any atom is 0.254 e. The molecule has 1 fully saturated rings. The Morgan fingerprint density at radius 2 is 1.54 bits per heavy atom. The minimum atomic E-state index is -0.108. The number of likely N-dealkylation sites (tertiary alicyclic amines) is 1. The van der Waals surface area contributed by atoms with E-state index in [0.29, 0.717) is 0 Å². The maximum atomic E-state index is 14.2. The number of benzene rings is 3. The number of amides is 1. The lowest BCUT2D eigenvalue weighted by molar-refractivity contribution is 0.0724. The molecular formula is C41H48N3O2+. The van der Waals surface area contributed by atoms with Crippen molar-refractivity contribution in [2.24, 2.45) is 0 Å². The van der Waals surface area contributed by atoms with Gasteiger partial charge in [-0.25, -0.2) is 4.58 Å². The van der Waals surface area contributed by atoms with E-state index >= 15 is 0 Å². The van der Waals surface area contributed by atoms with Crippen LogP contribution < -0.4 is 24.8 Å². The number of allylic oxidation sites excluding steroid dienone is 2. The molecule has 0 bridgehead atoms. The van der Waals surface area contributed by atoms with E-state index in [2.05, 4.69) is 113 Å². The number of piperidine rings is 1. The standard InChI is InChI=1S/C41H48N3O2/c1-9-43-34-22-36-32(20-30(34)26(3)24-40(43,5)6)38(28-16-12-13-17-29(28)39(45)42-18-14-11-15-19-42)33-21-31-27(4)25-41(7,8)44(10-2)35(31)23-37(33)46-36/h12-13,16-17,20-25H,9-11,14-15,18-19H2,1-8H3/q+1. The Morgan fingerprint density at radius 3 is 2.26 bits per heavy atom. The van der Waals surface area contributed by atoms with Crippen LogP contribution in [-0.4, -0.2) is 48.1 Å². The fourth-order valence-corrected chi connectivity index (χ4v) is 8.63. The molecule has 0 aliphatic carbocycles. The van der Waals surface area contributed by atoms with E-state index in [4.69, 9.17) is 4.74 Å². The lowest BCUT2D eigenvalue weighted by atomic mass is 9.83. The van der Waals surface area contributed by atoms with Gasteiger partial charge in [-0.2, -0.15) is 0 Å². The molecule has 0 unspecified atom stereocenters. The van der Waals surface area contributed by atoms with Gasteiger partial charge in [-0.05, 0) is 102 Å². The molecule has 5 heteroatoms. The molecule has 4 aliphatic heterocycles. The molecule has 4 aliphatic rings. The highest BCUT2D eigenvalue weighted by atomic mass is 16.5. The molecule has 46 heavy (non-hydrogen) atoms. The van der Waals surface area contributed by atoms with Crippen molar-refractivity contribution in [3.8, 4) is 11.5 Å². The number of likely N-dealkylation sites (N-methyl/N-ethyl adjacent to an activating group) is 2. The average molecular weight is 615 g/mol. The van der Waals surface area contributed by atoms with Crippen LogP contribution in [0.3, 0.4) is 0 Å². The molecule has 1 amide bonds. The molecule has 3 aromatic rings. The monoisotopic (exact) mass is 614 g/mol. The van der Waals surface area contributed by atoms with Crippen molar-refractivity contribution in [2.45, 2.75) is 85.7 Å². The molecule has 0 spiro atoms. The first-order valence-electron chi connectivity index (χ1n) is 17.2. The Labute approximate surface area is 274 Å². The van der Waals surface area contributed by atoms with E-state index in [9.17, 15) is 4.79 Å². The van der Waals surface area contributed by atoms with Crippen molar-refractivity contribution in [3.63, 3.8) is 0 Å². The van der Waals surface area contributed by atoms with E-state index < -0.39 is 0 Å². The number of hydrogen-bond acceptors (Lipinski definition) is 3. The van der Waals surface area contributed by atoms with E-state index in [-0.39, 0.29) is 17.0 Å². The van der Waals surface area contributed by atoms with Crippen molar-refractivity contribution in [3.05, 3.63) is 99.1 Å². The number of hydrogen-bond donors (Lipinski definition) is 0. The summed E-state index contributed by atoms with van der Waals surface area (Å²) < 4.78 is 9.42. The fraction of sp³-hybridized carbons (Fsp3) is 0.415. The van der Waals surface area contributed by atoms with Gasteiger partial charge in [0.15, 0.2) is 5.54 Å². The predicted octanol–water partition coefficient (Wildman–Crippen LogP) is 7.39. The van der Waals surface area contributed by atoms with Crippen molar-refractivity contribution < 1.29 is 9.53 Å². The molecule has 5 nitrogen and oxygen atoms in total. The van der Waals surface area contributed by atoms with Gasteiger partial charge in [0.1, 0.15) is 18.0 Å². The maximum absolute atomic E-state index is 14.2. The number of rotatable bonds is 4. The van der Waals surface area contributed by atoms with Crippen LogP contribution in [0, 0.1) is 0 Å². The first-order valence-corrected chi connectivity index (χ1v) is 17.2. The highest BCUT2D eigenvalue weighted by Crippen LogP contribution is 2.46. The molecule has 0 N–H and O–H groups in total. The van der Waals surface area contributed by atoms with E-state index in [1.54, 1.807) is 0 Å². The Balaban J connectivity index is 1.57. The summed E-state index contributed by atoms with van der Waals surface area (Å²) in [6.45, 7) is 21.4. The number of ether oxygens (including phenoxy) is 1. The van der Waals surface area contributed by atoms with Crippen LogP contribution >= 0.6 is 0 Å². The summed E-state index contributed by atoms with van der Waals surface area (Å²) in [5.74, 6) is 1.81. The molecule has 4 heterocycles. The van der Waals surface area contributed by atoms with Gasteiger partial charge in [-0.15, -0.1) is 0 Å². The predicted molar refractivity (Wildman–Crippen MR) is 190 cm³/mol. The van der Waals surface area contributed by atoms with Crippen molar-refractivity contribution in [1.82, 2.24) is 9.48 Å². The van der Waals surface area contributed by atoms with Gasteiger partial charge in [-0.1, -0.05) is 24.3 Å². The molecule has 238 valence electrons. The zero-order valence-electron chi connectivity index (χ0n) is 28.9. The number of nitrogens with zero attached hydrogens (tertiary/aromatic N) is 3. The third-order valence-corrected chi connectivity index (χ3v) is 10.6. The highest BCUT2D eigenvalue weighted by Gasteiger charge is 2.36. The van der Waals surface area contributed by atoms with Gasteiger partial charge in [0.2, 0.25) is 5.36 Å². The van der Waals surface area contributed by atoms with Crippen LogP contribution in [0.4, 0.5) is 5.69 Å². The van der Waals surface area contributed by atoms with Crippen LogP contribution in [0.5, 0.6) is 11.5 Å². The lowest BCUT2D eigenvalue weighted by Gasteiger charge is -2.43. The summed E-state index contributed by atoms with van der Waals surface area (Å²) in [6.07, 6.45) is 8.07. The van der Waals surface area contributed by atoms with Gasteiger partial charge < -0.3 is 14.5 Å².